The van der Waals surface area contributed by atoms with Crippen molar-refractivity contribution in [1.82, 2.24) is 9.97 Å². The van der Waals surface area contributed by atoms with Gasteiger partial charge in [0.15, 0.2) is 5.82 Å². The fourth-order valence-corrected chi connectivity index (χ4v) is 4.91. The highest BCUT2D eigenvalue weighted by atomic mass is 32.2. The van der Waals surface area contributed by atoms with Crippen LogP contribution in [0.4, 0.5) is 5.82 Å². The molecule has 0 bridgehead atoms. The molecule has 242 valence electrons. The zero-order valence-electron chi connectivity index (χ0n) is 26.3. The molecular formula is C32H39N3O9S. The second-order valence-corrected chi connectivity index (χ2v) is 12.2. The number of carbonyl (C=O) groups is 2. The number of carbonyl (C=O) groups excluding carboxylic acids is 2. The Morgan fingerprint density at radius 3 is 2.18 bits per heavy atom. The minimum Gasteiger partial charge on any atom is -0.497 e. The van der Waals surface area contributed by atoms with Crippen molar-refractivity contribution in [2.45, 2.75) is 57.8 Å². The second-order valence-electron chi connectivity index (χ2n) is 10.6. The minimum atomic E-state index is -4.08. The van der Waals surface area contributed by atoms with Crippen LogP contribution < -0.4 is 18.9 Å². The van der Waals surface area contributed by atoms with E-state index in [4.69, 9.17) is 23.7 Å². The highest BCUT2D eigenvalue weighted by Gasteiger charge is 2.24. The average Bonchev–Trinajstić information content (AvgIpc) is 3.00. The van der Waals surface area contributed by atoms with Crippen LogP contribution >= 0.6 is 0 Å². The fraction of sp³-hybridized carbons (Fsp3) is 0.375. The maximum atomic E-state index is 13.4. The molecule has 0 fully saturated rings. The van der Waals surface area contributed by atoms with Gasteiger partial charge in [-0.3, -0.25) is 4.72 Å². The van der Waals surface area contributed by atoms with E-state index in [9.17, 15) is 18.0 Å². The van der Waals surface area contributed by atoms with Crippen molar-refractivity contribution in [3.8, 4) is 23.1 Å². The first-order valence-corrected chi connectivity index (χ1v) is 15.8. The number of sulfonamides is 1. The van der Waals surface area contributed by atoms with E-state index in [0.717, 1.165) is 11.9 Å². The quantitative estimate of drug-likeness (QED) is 0.0727. The lowest BCUT2D eigenvalue weighted by molar-refractivity contribution is -0.146. The highest BCUT2D eigenvalue weighted by molar-refractivity contribution is 7.92. The molecule has 0 amide bonds. The Kier molecular flexibility index (Phi) is 12.3. The van der Waals surface area contributed by atoms with Crippen molar-refractivity contribution >= 4 is 27.8 Å². The molecule has 3 aromatic rings. The largest absolute Gasteiger partial charge is 0.497 e. The minimum absolute atomic E-state index is 0.0337. The van der Waals surface area contributed by atoms with E-state index >= 15 is 0 Å². The van der Waals surface area contributed by atoms with Gasteiger partial charge < -0.3 is 23.7 Å². The zero-order chi connectivity index (χ0) is 33.0. The first-order valence-electron chi connectivity index (χ1n) is 14.4. The monoisotopic (exact) mass is 641 g/mol. The van der Waals surface area contributed by atoms with Crippen molar-refractivity contribution < 1.29 is 41.7 Å². The van der Waals surface area contributed by atoms with Gasteiger partial charge in [-0.05, 0) is 61.9 Å². The number of anilines is 1. The predicted octanol–water partition coefficient (Wildman–Crippen LogP) is 5.59. The second kappa shape index (κ2) is 15.9. The number of methoxy groups -OCH3 is 1. The summed E-state index contributed by atoms with van der Waals surface area (Å²) < 4.78 is 56.3. The molecular weight excluding hydrogens is 602 g/mol. The highest BCUT2D eigenvalue weighted by Crippen LogP contribution is 2.37. The van der Waals surface area contributed by atoms with Crippen LogP contribution in [0.2, 0.25) is 0 Å². The number of hydrogen-bond donors (Lipinski definition) is 1. The van der Waals surface area contributed by atoms with Gasteiger partial charge in [-0.2, -0.15) is 4.98 Å². The molecule has 1 N–H and O–H groups in total. The topological polar surface area (TPSA) is 152 Å². The molecule has 13 heteroatoms. The number of benzene rings is 2. The van der Waals surface area contributed by atoms with Gasteiger partial charge in [0, 0.05) is 6.07 Å². The van der Waals surface area contributed by atoms with Crippen molar-refractivity contribution in [1.29, 1.82) is 0 Å². The first-order chi connectivity index (χ1) is 21.4. The Morgan fingerprint density at radius 2 is 1.58 bits per heavy atom. The smallest absolute Gasteiger partial charge is 0.345 e. The Labute approximate surface area is 263 Å². The van der Waals surface area contributed by atoms with E-state index < -0.39 is 22.0 Å². The molecule has 0 saturated carbocycles. The summed E-state index contributed by atoms with van der Waals surface area (Å²) in [7, 11) is -2.57. The van der Waals surface area contributed by atoms with E-state index in [2.05, 4.69) is 14.7 Å². The third-order valence-corrected chi connectivity index (χ3v) is 7.58. The molecule has 12 nitrogen and oxygen atoms in total. The average molecular weight is 642 g/mol. The SMILES string of the molecule is CCOC(=O)C(=CCCCOc1ncnc(NS(=O)(=O)c2ccc(C(C)(C)C)cc2)c1Oc1cccc(OC)c1)C(=O)OCC. The molecule has 0 atom stereocenters. The van der Waals surface area contributed by atoms with E-state index in [-0.39, 0.29) is 59.6 Å². The van der Waals surface area contributed by atoms with Crippen LogP contribution in [0, 0.1) is 0 Å². The summed E-state index contributed by atoms with van der Waals surface area (Å²) in [4.78, 5) is 32.7. The molecule has 0 saturated heterocycles. The third kappa shape index (κ3) is 9.93. The standard InChI is InChI=1S/C32H39N3O9S/c1-7-41-30(36)26(31(37)42-8-2)14-9-10-19-43-29-27(44-24-13-11-12-23(20-24)40-6)28(33-21-34-29)35-45(38,39)25-17-15-22(16-18-25)32(3,4)5/h11-18,20-21H,7-10,19H2,1-6H3,(H,33,34,35). The van der Waals surface area contributed by atoms with Crippen molar-refractivity contribution in [2.24, 2.45) is 0 Å². The number of rotatable bonds is 15. The maximum absolute atomic E-state index is 13.4. The summed E-state index contributed by atoms with van der Waals surface area (Å²) in [6, 6.07) is 13.3. The zero-order valence-corrected chi connectivity index (χ0v) is 27.1. The number of unbranched alkanes of at least 4 members (excludes halogenated alkanes) is 1. The molecule has 3 rings (SSSR count). The Morgan fingerprint density at radius 1 is 0.933 bits per heavy atom. The Balaban J connectivity index is 1.86. The Bertz CT molecular complexity index is 1580. The van der Waals surface area contributed by atoms with E-state index in [1.807, 2.05) is 20.8 Å². The Hall–Kier alpha value is -4.65. The van der Waals surface area contributed by atoms with E-state index in [0.29, 0.717) is 17.9 Å². The third-order valence-electron chi connectivity index (χ3n) is 6.22. The number of allylic oxidation sites excluding steroid dienone is 1. The first kappa shape index (κ1) is 34.8. The summed E-state index contributed by atoms with van der Waals surface area (Å²) in [5, 5.41) is 0. The molecule has 1 heterocycles. The fourth-order valence-electron chi connectivity index (χ4n) is 3.89. The lowest BCUT2D eigenvalue weighted by atomic mass is 9.87. The van der Waals surface area contributed by atoms with Gasteiger partial charge in [0.1, 0.15) is 23.4 Å². The molecule has 0 unspecified atom stereocenters. The summed E-state index contributed by atoms with van der Waals surface area (Å²) in [5.74, 6) is -0.963. The van der Waals surface area contributed by atoms with Gasteiger partial charge in [-0.1, -0.05) is 45.0 Å². The summed E-state index contributed by atoms with van der Waals surface area (Å²) >= 11 is 0. The van der Waals surface area contributed by atoms with Gasteiger partial charge >= 0.3 is 11.9 Å². The number of hydrogen-bond acceptors (Lipinski definition) is 11. The molecule has 0 spiro atoms. The number of ether oxygens (including phenoxy) is 5. The summed E-state index contributed by atoms with van der Waals surface area (Å²) in [5.41, 5.74) is 0.629. The van der Waals surface area contributed by atoms with Crippen molar-refractivity contribution in [3.63, 3.8) is 0 Å². The molecule has 1 aromatic heterocycles. The lowest BCUT2D eigenvalue weighted by Gasteiger charge is -2.19. The number of aromatic nitrogens is 2. The molecule has 0 radical (unpaired) electrons. The van der Waals surface area contributed by atoms with Crippen molar-refractivity contribution in [2.75, 3.05) is 31.7 Å². The van der Waals surface area contributed by atoms with Crippen LogP contribution in [0.3, 0.4) is 0 Å². The number of nitrogens with zero attached hydrogens (tertiary/aromatic N) is 2. The van der Waals surface area contributed by atoms with Gasteiger partial charge in [0.25, 0.3) is 15.9 Å². The van der Waals surface area contributed by atoms with Crippen LogP contribution in [-0.2, 0) is 34.5 Å². The van der Waals surface area contributed by atoms with Crippen molar-refractivity contribution in [3.05, 3.63) is 72.1 Å². The summed E-state index contributed by atoms with van der Waals surface area (Å²) in [6.45, 7) is 9.67. The van der Waals surface area contributed by atoms with E-state index in [1.165, 1.54) is 25.3 Å². The lowest BCUT2D eigenvalue weighted by Crippen LogP contribution is -2.18. The van der Waals surface area contributed by atoms with Crippen LogP contribution in [-0.4, -0.2) is 57.3 Å². The normalized spacial score (nSPS) is 11.2. The molecule has 2 aromatic carbocycles. The van der Waals surface area contributed by atoms with Crippen LogP contribution in [0.25, 0.3) is 0 Å². The van der Waals surface area contributed by atoms with Gasteiger partial charge in [0.05, 0.1) is 31.8 Å². The maximum Gasteiger partial charge on any atom is 0.345 e. The molecule has 0 aliphatic rings. The number of nitrogens with one attached hydrogen (secondary N) is 1. The molecule has 45 heavy (non-hydrogen) atoms. The van der Waals surface area contributed by atoms with Gasteiger partial charge in [-0.25, -0.2) is 23.0 Å². The number of esters is 2. The molecule has 0 aliphatic heterocycles. The van der Waals surface area contributed by atoms with Gasteiger partial charge in [0.2, 0.25) is 5.75 Å². The summed E-state index contributed by atoms with van der Waals surface area (Å²) in [6.07, 6.45) is 3.20. The van der Waals surface area contributed by atoms with Crippen LogP contribution in [0.1, 0.15) is 53.0 Å². The van der Waals surface area contributed by atoms with Crippen LogP contribution in [0.5, 0.6) is 23.1 Å². The predicted molar refractivity (Wildman–Crippen MR) is 167 cm³/mol. The van der Waals surface area contributed by atoms with E-state index in [1.54, 1.807) is 50.2 Å². The molecule has 0 aliphatic carbocycles. The van der Waals surface area contributed by atoms with Gasteiger partial charge in [-0.15, -0.1) is 0 Å². The van der Waals surface area contributed by atoms with Crippen LogP contribution in [0.15, 0.2) is 71.4 Å².